The number of halogens is 1. The van der Waals surface area contributed by atoms with Gasteiger partial charge in [0.25, 0.3) is 0 Å². The first-order valence-electron chi connectivity index (χ1n) is 8.67. The number of hydrogen-bond acceptors (Lipinski definition) is 2. The van der Waals surface area contributed by atoms with Gasteiger partial charge in [0, 0.05) is 13.0 Å². The molecule has 3 aliphatic carbocycles. The van der Waals surface area contributed by atoms with Crippen molar-refractivity contribution in [1.82, 2.24) is 5.32 Å². The highest BCUT2D eigenvalue weighted by molar-refractivity contribution is 5.85. The van der Waals surface area contributed by atoms with Crippen LogP contribution in [0.1, 0.15) is 64.2 Å². The molecule has 3 aliphatic rings. The van der Waals surface area contributed by atoms with E-state index in [4.69, 9.17) is 5.73 Å². The average Bonchev–Trinajstić information content (AvgIpc) is 3.08. The van der Waals surface area contributed by atoms with Crippen LogP contribution in [0.15, 0.2) is 0 Å². The molecule has 21 heavy (non-hydrogen) atoms. The summed E-state index contributed by atoms with van der Waals surface area (Å²) in [5.41, 5.74) is 6.08. The highest BCUT2D eigenvalue weighted by Gasteiger charge is 2.39. The van der Waals surface area contributed by atoms with Gasteiger partial charge in [0.2, 0.25) is 5.91 Å². The standard InChI is InChI=1S/C17H30N2O.ClH/c18-12-17(6-2-1-3-7-17)10-16(20)19-11-15-9-13-4-5-14(15)8-13;/h13-15H,1-12,18H2,(H,19,20);1H. The van der Waals surface area contributed by atoms with Gasteiger partial charge in [0.1, 0.15) is 0 Å². The zero-order valence-electron chi connectivity index (χ0n) is 13.1. The molecule has 3 unspecified atom stereocenters. The third-order valence-corrected chi connectivity index (χ3v) is 6.33. The van der Waals surface area contributed by atoms with Gasteiger partial charge in [0.15, 0.2) is 0 Å². The number of rotatable bonds is 5. The third kappa shape index (κ3) is 3.92. The fourth-order valence-electron chi connectivity index (χ4n) is 5.03. The highest BCUT2D eigenvalue weighted by atomic mass is 35.5. The van der Waals surface area contributed by atoms with Crippen molar-refractivity contribution < 1.29 is 4.79 Å². The number of fused-ring (bicyclic) bond motifs is 2. The number of hydrogen-bond donors (Lipinski definition) is 2. The molecule has 1 amide bonds. The largest absolute Gasteiger partial charge is 0.356 e. The van der Waals surface area contributed by atoms with Gasteiger partial charge in [-0.1, -0.05) is 25.7 Å². The topological polar surface area (TPSA) is 55.1 Å². The Bertz CT molecular complexity index is 355. The molecule has 0 aromatic carbocycles. The molecule has 4 heteroatoms. The lowest BCUT2D eigenvalue weighted by atomic mass is 9.71. The molecule has 3 saturated carbocycles. The van der Waals surface area contributed by atoms with E-state index in [1.165, 1.54) is 44.9 Å². The second kappa shape index (κ2) is 7.32. The first-order chi connectivity index (χ1) is 9.71. The number of carbonyl (C=O) groups excluding carboxylic acids is 1. The van der Waals surface area contributed by atoms with Crippen LogP contribution in [0.5, 0.6) is 0 Å². The van der Waals surface area contributed by atoms with E-state index in [9.17, 15) is 4.79 Å². The van der Waals surface area contributed by atoms with Gasteiger partial charge in [-0.3, -0.25) is 4.79 Å². The molecular formula is C17H31ClN2O. The highest BCUT2D eigenvalue weighted by Crippen LogP contribution is 2.48. The summed E-state index contributed by atoms with van der Waals surface area (Å²) >= 11 is 0. The molecule has 0 radical (unpaired) electrons. The van der Waals surface area contributed by atoms with E-state index in [0.717, 1.165) is 37.1 Å². The smallest absolute Gasteiger partial charge is 0.220 e. The Labute approximate surface area is 135 Å². The minimum absolute atomic E-state index is 0. The van der Waals surface area contributed by atoms with Crippen LogP contribution >= 0.6 is 12.4 Å². The fraction of sp³-hybridized carbons (Fsp3) is 0.941. The summed E-state index contributed by atoms with van der Waals surface area (Å²) in [5.74, 6) is 2.88. The number of carbonyl (C=O) groups is 1. The lowest BCUT2D eigenvalue weighted by Gasteiger charge is -2.35. The molecule has 0 heterocycles. The van der Waals surface area contributed by atoms with Gasteiger partial charge in [-0.25, -0.2) is 0 Å². The van der Waals surface area contributed by atoms with E-state index in [1.54, 1.807) is 0 Å². The van der Waals surface area contributed by atoms with Crippen LogP contribution in [0.4, 0.5) is 0 Å². The van der Waals surface area contributed by atoms with Crippen LogP contribution in [0.3, 0.4) is 0 Å². The molecule has 3 fully saturated rings. The Balaban J connectivity index is 0.00000161. The van der Waals surface area contributed by atoms with E-state index in [2.05, 4.69) is 5.32 Å². The maximum atomic E-state index is 12.3. The van der Waals surface area contributed by atoms with Crippen molar-refractivity contribution in [3.05, 3.63) is 0 Å². The van der Waals surface area contributed by atoms with Gasteiger partial charge in [-0.15, -0.1) is 12.4 Å². The van der Waals surface area contributed by atoms with E-state index in [1.807, 2.05) is 0 Å². The molecule has 0 saturated heterocycles. The van der Waals surface area contributed by atoms with Crippen molar-refractivity contribution in [3.8, 4) is 0 Å². The normalized spacial score (nSPS) is 33.5. The summed E-state index contributed by atoms with van der Waals surface area (Å²) in [6, 6.07) is 0. The summed E-state index contributed by atoms with van der Waals surface area (Å²) < 4.78 is 0. The Morgan fingerprint density at radius 2 is 1.90 bits per heavy atom. The SMILES string of the molecule is Cl.NCC1(CC(=O)NCC2CC3CCC2C3)CCCCC1. The maximum Gasteiger partial charge on any atom is 0.220 e. The average molecular weight is 315 g/mol. The van der Waals surface area contributed by atoms with Crippen LogP contribution in [0.25, 0.3) is 0 Å². The first kappa shape index (κ1) is 17.1. The Morgan fingerprint density at radius 3 is 2.48 bits per heavy atom. The van der Waals surface area contributed by atoms with Crippen molar-refractivity contribution in [2.24, 2.45) is 28.9 Å². The van der Waals surface area contributed by atoms with Gasteiger partial charge in [-0.05, 0) is 61.8 Å². The zero-order valence-corrected chi connectivity index (χ0v) is 13.9. The lowest BCUT2D eigenvalue weighted by Crippen LogP contribution is -2.40. The van der Waals surface area contributed by atoms with Crippen molar-refractivity contribution in [2.45, 2.75) is 64.2 Å². The summed E-state index contributed by atoms with van der Waals surface area (Å²) in [6.07, 6.45) is 12.4. The minimum atomic E-state index is 0. The van der Waals surface area contributed by atoms with E-state index >= 15 is 0 Å². The lowest BCUT2D eigenvalue weighted by molar-refractivity contribution is -0.124. The van der Waals surface area contributed by atoms with Crippen molar-refractivity contribution in [2.75, 3.05) is 13.1 Å². The molecule has 3 atom stereocenters. The second-order valence-electron chi connectivity index (χ2n) is 7.68. The molecule has 0 aromatic rings. The third-order valence-electron chi connectivity index (χ3n) is 6.33. The number of nitrogens with one attached hydrogen (secondary N) is 1. The summed E-state index contributed by atoms with van der Waals surface area (Å²) in [4.78, 5) is 12.3. The van der Waals surface area contributed by atoms with E-state index in [-0.39, 0.29) is 23.7 Å². The molecular weight excluding hydrogens is 284 g/mol. The zero-order chi connectivity index (χ0) is 14.0. The van der Waals surface area contributed by atoms with Crippen molar-refractivity contribution >= 4 is 18.3 Å². The van der Waals surface area contributed by atoms with Crippen molar-refractivity contribution in [1.29, 1.82) is 0 Å². The summed E-state index contributed by atoms with van der Waals surface area (Å²) in [6.45, 7) is 1.59. The Hall–Kier alpha value is -0.280. The van der Waals surface area contributed by atoms with E-state index in [0.29, 0.717) is 13.0 Å². The Kier molecular flexibility index (Phi) is 5.96. The van der Waals surface area contributed by atoms with Crippen molar-refractivity contribution in [3.63, 3.8) is 0 Å². The van der Waals surface area contributed by atoms with Crippen LogP contribution in [-0.2, 0) is 4.79 Å². The number of nitrogens with two attached hydrogens (primary N) is 1. The van der Waals surface area contributed by atoms with Gasteiger partial charge < -0.3 is 11.1 Å². The molecule has 0 aliphatic heterocycles. The molecule has 0 aromatic heterocycles. The molecule has 3 nitrogen and oxygen atoms in total. The molecule has 0 spiro atoms. The van der Waals surface area contributed by atoms with Gasteiger partial charge in [-0.2, -0.15) is 0 Å². The van der Waals surface area contributed by atoms with E-state index < -0.39 is 0 Å². The molecule has 3 N–H and O–H groups in total. The van der Waals surface area contributed by atoms with Crippen LogP contribution in [0.2, 0.25) is 0 Å². The quantitative estimate of drug-likeness (QED) is 0.818. The Morgan fingerprint density at radius 1 is 1.14 bits per heavy atom. The monoisotopic (exact) mass is 314 g/mol. The van der Waals surface area contributed by atoms with Gasteiger partial charge >= 0.3 is 0 Å². The fourth-order valence-corrected chi connectivity index (χ4v) is 5.03. The van der Waals surface area contributed by atoms with Gasteiger partial charge in [0.05, 0.1) is 0 Å². The van der Waals surface area contributed by atoms with Crippen LogP contribution < -0.4 is 11.1 Å². The summed E-state index contributed by atoms with van der Waals surface area (Å²) in [7, 11) is 0. The number of amides is 1. The van der Waals surface area contributed by atoms with Crippen LogP contribution in [-0.4, -0.2) is 19.0 Å². The molecule has 122 valence electrons. The van der Waals surface area contributed by atoms with Crippen LogP contribution in [0, 0.1) is 23.2 Å². The molecule has 3 rings (SSSR count). The maximum absolute atomic E-state index is 12.3. The predicted molar refractivity (Wildman–Crippen MR) is 88.4 cm³/mol. The summed E-state index contributed by atoms with van der Waals surface area (Å²) in [5, 5.41) is 3.22. The minimum Gasteiger partial charge on any atom is -0.356 e. The predicted octanol–water partition coefficient (Wildman–Crippen LogP) is 3.26. The first-order valence-corrected chi connectivity index (χ1v) is 8.67. The second-order valence-corrected chi connectivity index (χ2v) is 7.68. The molecule has 2 bridgehead atoms.